The average molecular weight is 366 g/mol. The van der Waals surface area contributed by atoms with Crippen LogP contribution >= 0.6 is 0 Å². The number of nitrogens with two attached hydrogens (primary N) is 1. The van der Waals surface area contributed by atoms with Gasteiger partial charge in [0.15, 0.2) is 0 Å². The van der Waals surface area contributed by atoms with Crippen LogP contribution in [0.3, 0.4) is 0 Å². The third-order valence-corrected chi connectivity index (χ3v) is 4.68. The van der Waals surface area contributed by atoms with E-state index in [1.165, 1.54) is 0 Å². The number of anilines is 1. The van der Waals surface area contributed by atoms with Gasteiger partial charge in [0.05, 0.1) is 12.6 Å². The van der Waals surface area contributed by atoms with Crippen LogP contribution in [0.1, 0.15) is 21.5 Å². The van der Waals surface area contributed by atoms with Crippen LogP contribution in [-0.4, -0.2) is 42.3 Å². The first-order valence-corrected chi connectivity index (χ1v) is 8.70. The molecule has 2 aromatic carbocycles. The van der Waals surface area contributed by atoms with E-state index >= 15 is 0 Å². The van der Waals surface area contributed by atoms with Crippen molar-refractivity contribution in [1.82, 2.24) is 10.2 Å². The number of primary amides is 1. The molecular formula is C20H22N4O3. The first-order chi connectivity index (χ1) is 13.0. The molecule has 0 bridgehead atoms. The van der Waals surface area contributed by atoms with Gasteiger partial charge in [-0.25, -0.2) is 0 Å². The van der Waals surface area contributed by atoms with Crippen LogP contribution in [-0.2, 0) is 22.6 Å². The Morgan fingerprint density at radius 1 is 1.07 bits per heavy atom. The van der Waals surface area contributed by atoms with Gasteiger partial charge in [0.2, 0.25) is 11.8 Å². The number of amides is 3. The summed E-state index contributed by atoms with van der Waals surface area (Å²) < 4.78 is 0. The molecule has 0 saturated carbocycles. The van der Waals surface area contributed by atoms with Gasteiger partial charge in [-0.15, -0.1) is 0 Å². The van der Waals surface area contributed by atoms with E-state index in [4.69, 9.17) is 5.73 Å². The minimum Gasteiger partial charge on any atom is -0.368 e. The van der Waals surface area contributed by atoms with Crippen molar-refractivity contribution >= 4 is 23.4 Å². The molecule has 0 spiro atoms. The molecule has 1 aliphatic heterocycles. The molecule has 3 rings (SSSR count). The largest absolute Gasteiger partial charge is 0.368 e. The summed E-state index contributed by atoms with van der Waals surface area (Å²) in [5.74, 6) is -0.871. The second-order valence-electron chi connectivity index (χ2n) is 6.50. The van der Waals surface area contributed by atoms with Crippen LogP contribution in [0.25, 0.3) is 0 Å². The van der Waals surface area contributed by atoms with Crippen LogP contribution in [0.15, 0.2) is 48.5 Å². The average Bonchev–Trinajstić information content (AvgIpc) is 2.67. The monoisotopic (exact) mass is 366 g/mol. The zero-order valence-electron chi connectivity index (χ0n) is 15.1. The molecule has 0 aliphatic carbocycles. The Morgan fingerprint density at radius 3 is 2.37 bits per heavy atom. The van der Waals surface area contributed by atoms with Crippen molar-refractivity contribution in [3.8, 4) is 0 Å². The Labute approximate surface area is 157 Å². The van der Waals surface area contributed by atoms with E-state index in [9.17, 15) is 14.4 Å². The number of rotatable bonds is 5. The molecule has 0 radical (unpaired) electrons. The maximum absolute atomic E-state index is 12.5. The zero-order valence-corrected chi connectivity index (χ0v) is 15.1. The number of carbonyl (C=O) groups excluding carboxylic acids is 3. The van der Waals surface area contributed by atoms with E-state index in [0.29, 0.717) is 24.2 Å². The zero-order chi connectivity index (χ0) is 19.4. The van der Waals surface area contributed by atoms with Gasteiger partial charge in [0.25, 0.3) is 5.91 Å². The summed E-state index contributed by atoms with van der Waals surface area (Å²) in [7, 11) is 1.56. The number of nitrogens with one attached hydrogen (secondary N) is 2. The normalized spacial score (nSPS) is 16.3. The number of nitrogens with zero attached hydrogens (tertiary/aromatic N) is 1. The fourth-order valence-electron chi connectivity index (χ4n) is 3.26. The number of benzene rings is 2. The van der Waals surface area contributed by atoms with Crippen molar-refractivity contribution in [1.29, 1.82) is 0 Å². The lowest BCUT2D eigenvalue weighted by Crippen LogP contribution is -2.50. The highest BCUT2D eigenvalue weighted by atomic mass is 16.2. The highest BCUT2D eigenvalue weighted by molar-refractivity contribution is 5.96. The van der Waals surface area contributed by atoms with E-state index in [0.717, 1.165) is 11.1 Å². The smallest absolute Gasteiger partial charge is 0.251 e. The molecular weight excluding hydrogens is 344 g/mol. The number of hydrogen-bond acceptors (Lipinski definition) is 4. The van der Waals surface area contributed by atoms with Crippen molar-refractivity contribution in [3.05, 3.63) is 65.2 Å². The molecule has 1 heterocycles. The first-order valence-electron chi connectivity index (χ1n) is 8.70. The van der Waals surface area contributed by atoms with Gasteiger partial charge < -0.3 is 16.4 Å². The number of fused-ring (bicyclic) bond motifs is 1. The first kappa shape index (κ1) is 18.6. The molecule has 3 amide bonds. The molecule has 0 saturated heterocycles. The van der Waals surface area contributed by atoms with Gasteiger partial charge in [0.1, 0.15) is 0 Å². The van der Waals surface area contributed by atoms with Crippen LogP contribution < -0.4 is 16.4 Å². The molecule has 4 N–H and O–H groups in total. The van der Waals surface area contributed by atoms with Gasteiger partial charge in [-0.2, -0.15) is 0 Å². The predicted molar refractivity (Wildman–Crippen MR) is 102 cm³/mol. The van der Waals surface area contributed by atoms with E-state index in [1.54, 1.807) is 36.2 Å². The van der Waals surface area contributed by atoms with Crippen LogP contribution in [0.4, 0.5) is 5.69 Å². The van der Waals surface area contributed by atoms with E-state index in [1.807, 2.05) is 24.3 Å². The molecule has 2 aromatic rings. The molecule has 140 valence electrons. The van der Waals surface area contributed by atoms with Crippen molar-refractivity contribution in [2.24, 2.45) is 5.73 Å². The van der Waals surface area contributed by atoms with Crippen LogP contribution in [0.5, 0.6) is 0 Å². The Balaban J connectivity index is 1.67. The van der Waals surface area contributed by atoms with E-state index in [2.05, 4.69) is 10.6 Å². The molecule has 0 aromatic heterocycles. The highest BCUT2D eigenvalue weighted by Crippen LogP contribution is 2.23. The fourth-order valence-corrected chi connectivity index (χ4v) is 3.26. The quantitative estimate of drug-likeness (QED) is 0.731. The minimum absolute atomic E-state index is 0.0547. The van der Waals surface area contributed by atoms with Crippen LogP contribution in [0.2, 0.25) is 0 Å². The third kappa shape index (κ3) is 4.32. The molecule has 0 unspecified atom stereocenters. The summed E-state index contributed by atoms with van der Waals surface area (Å²) in [6.45, 7) is 0.548. The SMILES string of the molecule is CNC(=O)c1ccc(NC(=O)CN2Cc3ccccc3C[C@H]2C(N)=O)cc1. The lowest BCUT2D eigenvalue weighted by atomic mass is 9.93. The summed E-state index contributed by atoms with van der Waals surface area (Å²) in [6, 6.07) is 13.9. The van der Waals surface area contributed by atoms with Gasteiger partial charge >= 0.3 is 0 Å². The lowest BCUT2D eigenvalue weighted by molar-refractivity contribution is -0.125. The standard InChI is InChI=1S/C20H22N4O3/c1-22-20(27)13-6-8-16(9-7-13)23-18(25)12-24-11-15-5-3-2-4-14(15)10-17(24)19(21)26/h2-9,17H,10-12H2,1H3,(H2,21,26)(H,22,27)(H,23,25)/t17-/m0/s1. The maximum Gasteiger partial charge on any atom is 0.251 e. The third-order valence-electron chi connectivity index (χ3n) is 4.68. The lowest BCUT2D eigenvalue weighted by Gasteiger charge is -2.34. The summed E-state index contributed by atoms with van der Waals surface area (Å²) in [6.07, 6.45) is 0.500. The van der Waals surface area contributed by atoms with Crippen molar-refractivity contribution in [2.75, 3.05) is 18.9 Å². The number of hydrogen-bond donors (Lipinski definition) is 3. The predicted octanol–water partition coefficient (Wildman–Crippen LogP) is 0.897. The molecule has 27 heavy (non-hydrogen) atoms. The minimum atomic E-state index is -0.513. The van der Waals surface area contributed by atoms with Gasteiger partial charge in [-0.05, 0) is 41.8 Å². The van der Waals surface area contributed by atoms with Gasteiger partial charge in [0, 0.05) is 24.8 Å². The van der Waals surface area contributed by atoms with Crippen LogP contribution in [0, 0.1) is 0 Å². The van der Waals surface area contributed by atoms with Crippen molar-refractivity contribution in [2.45, 2.75) is 19.0 Å². The summed E-state index contributed by atoms with van der Waals surface area (Å²) in [4.78, 5) is 37.7. The van der Waals surface area contributed by atoms with E-state index in [-0.39, 0.29) is 18.4 Å². The second-order valence-corrected chi connectivity index (χ2v) is 6.50. The molecule has 1 atom stereocenters. The summed E-state index contributed by atoms with van der Waals surface area (Å²) in [5, 5.41) is 5.33. The highest BCUT2D eigenvalue weighted by Gasteiger charge is 2.31. The fraction of sp³-hybridized carbons (Fsp3) is 0.250. The topological polar surface area (TPSA) is 105 Å². The summed E-state index contributed by atoms with van der Waals surface area (Å²) in [5.41, 5.74) is 8.83. The Morgan fingerprint density at radius 2 is 1.74 bits per heavy atom. The van der Waals surface area contributed by atoms with Crippen molar-refractivity contribution < 1.29 is 14.4 Å². The molecule has 1 aliphatic rings. The van der Waals surface area contributed by atoms with Crippen molar-refractivity contribution in [3.63, 3.8) is 0 Å². The maximum atomic E-state index is 12.5. The molecule has 7 nitrogen and oxygen atoms in total. The van der Waals surface area contributed by atoms with E-state index < -0.39 is 11.9 Å². The Kier molecular flexibility index (Phi) is 5.52. The Hall–Kier alpha value is -3.19. The second kappa shape index (κ2) is 8.01. The molecule has 7 heteroatoms. The molecule has 0 fully saturated rings. The van der Waals surface area contributed by atoms with Gasteiger partial charge in [-0.3, -0.25) is 19.3 Å². The Bertz CT molecular complexity index is 864. The number of carbonyl (C=O) groups is 3. The van der Waals surface area contributed by atoms with Gasteiger partial charge in [-0.1, -0.05) is 24.3 Å². The summed E-state index contributed by atoms with van der Waals surface area (Å²) >= 11 is 0.